The molecule has 1 amide bonds. The Labute approximate surface area is 124 Å². The average molecular weight is 286 g/mol. The minimum Gasteiger partial charge on any atom is -0.348 e. The molecule has 0 heterocycles. The first-order valence-corrected chi connectivity index (χ1v) is 6.99. The first-order valence-electron chi connectivity index (χ1n) is 6.99. The van der Waals surface area contributed by atoms with Crippen LogP contribution in [-0.2, 0) is 19.5 Å². The van der Waals surface area contributed by atoms with Crippen molar-refractivity contribution in [1.29, 1.82) is 0 Å². The highest BCUT2D eigenvalue weighted by Gasteiger charge is 2.10. The van der Waals surface area contributed by atoms with Gasteiger partial charge in [0.15, 0.2) is 0 Å². The zero-order chi connectivity index (χ0) is 15.2. The first kappa shape index (κ1) is 15.2. The lowest BCUT2D eigenvalue weighted by molar-refractivity contribution is 0.0949. The van der Waals surface area contributed by atoms with Crippen LogP contribution in [0.25, 0.3) is 0 Å². The molecule has 2 aromatic carbocycles. The molecule has 0 aliphatic heterocycles. The summed E-state index contributed by atoms with van der Waals surface area (Å²) in [6, 6.07) is 12.3. The van der Waals surface area contributed by atoms with E-state index in [1.165, 1.54) is 6.07 Å². The topological polar surface area (TPSA) is 55.1 Å². The fourth-order valence-corrected chi connectivity index (χ4v) is 2.18. The molecule has 0 atom stereocenters. The molecule has 0 saturated carbocycles. The summed E-state index contributed by atoms with van der Waals surface area (Å²) in [5.74, 6) is -0.531. The SMILES string of the molecule is CCc1ccccc1C(=O)NCc1ccc(CN)cc1F. The second-order valence-corrected chi connectivity index (χ2v) is 4.82. The summed E-state index contributed by atoms with van der Waals surface area (Å²) in [5, 5.41) is 2.76. The smallest absolute Gasteiger partial charge is 0.251 e. The van der Waals surface area contributed by atoms with Gasteiger partial charge in [0.05, 0.1) is 0 Å². The van der Waals surface area contributed by atoms with Crippen LogP contribution < -0.4 is 11.1 Å². The van der Waals surface area contributed by atoms with Gasteiger partial charge in [-0.3, -0.25) is 4.79 Å². The molecule has 2 aromatic rings. The summed E-state index contributed by atoms with van der Waals surface area (Å²) >= 11 is 0. The zero-order valence-corrected chi connectivity index (χ0v) is 12.0. The number of hydrogen-bond donors (Lipinski definition) is 2. The quantitative estimate of drug-likeness (QED) is 0.888. The predicted octanol–water partition coefficient (Wildman–Crippen LogP) is 2.78. The van der Waals surface area contributed by atoms with E-state index in [0.29, 0.717) is 17.7 Å². The van der Waals surface area contributed by atoms with Crippen LogP contribution in [0.2, 0.25) is 0 Å². The van der Waals surface area contributed by atoms with Crippen LogP contribution in [0.3, 0.4) is 0 Å². The normalized spacial score (nSPS) is 10.4. The maximum Gasteiger partial charge on any atom is 0.251 e. The van der Waals surface area contributed by atoms with E-state index in [4.69, 9.17) is 5.73 Å². The standard InChI is InChI=1S/C17H19FN2O/c1-2-13-5-3-4-6-15(13)17(21)20-11-14-8-7-12(10-19)9-16(14)18/h3-9H,2,10-11,19H2,1H3,(H,20,21). The van der Waals surface area contributed by atoms with E-state index in [9.17, 15) is 9.18 Å². The monoisotopic (exact) mass is 286 g/mol. The van der Waals surface area contributed by atoms with Gasteiger partial charge in [-0.15, -0.1) is 0 Å². The highest BCUT2D eigenvalue weighted by Crippen LogP contribution is 2.12. The summed E-state index contributed by atoms with van der Waals surface area (Å²) in [6.07, 6.45) is 0.781. The molecule has 4 heteroatoms. The summed E-state index contributed by atoms with van der Waals surface area (Å²) in [5.41, 5.74) is 8.27. The molecular weight excluding hydrogens is 267 g/mol. The van der Waals surface area contributed by atoms with Crippen molar-refractivity contribution in [2.24, 2.45) is 5.73 Å². The molecule has 0 fully saturated rings. The van der Waals surface area contributed by atoms with E-state index < -0.39 is 0 Å². The summed E-state index contributed by atoms with van der Waals surface area (Å²) < 4.78 is 13.8. The van der Waals surface area contributed by atoms with Gasteiger partial charge in [0.1, 0.15) is 5.82 Å². The van der Waals surface area contributed by atoms with Crippen LogP contribution in [0, 0.1) is 5.82 Å². The number of halogens is 1. The minimum absolute atomic E-state index is 0.160. The Hall–Kier alpha value is -2.20. The van der Waals surface area contributed by atoms with Crippen molar-refractivity contribution in [2.75, 3.05) is 0 Å². The molecule has 0 radical (unpaired) electrons. The molecule has 0 aliphatic carbocycles. The van der Waals surface area contributed by atoms with Crippen LogP contribution in [0.4, 0.5) is 4.39 Å². The van der Waals surface area contributed by atoms with Crippen LogP contribution in [0.15, 0.2) is 42.5 Å². The van der Waals surface area contributed by atoms with Crippen LogP contribution in [-0.4, -0.2) is 5.91 Å². The van der Waals surface area contributed by atoms with Gasteiger partial charge in [-0.1, -0.05) is 37.3 Å². The molecule has 0 bridgehead atoms. The number of amides is 1. The van der Waals surface area contributed by atoms with E-state index >= 15 is 0 Å². The van der Waals surface area contributed by atoms with Gasteiger partial charge < -0.3 is 11.1 Å². The van der Waals surface area contributed by atoms with Gasteiger partial charge in [0.25, 0.3) is 5.91 Å². The fraction of sp³-hybridized carbons (Fsp3) is 0.235. The second-order valence-electron chi connectivity index (χ2n) is 4.82. The van der Waals surface area contributed by atoms with Gasteiger partial charge >= 0.3 is 0 Å². The number of nitrogens with one attached hydrogen (secondary N) is 1. The molecule has 0 unspecified atom stereocenters. The lowest BCUT2D eigenvalue weighted by Gasteiger charge is -2.10. The van der Waals surface area contributed by atoms with E-state index in [1.807, 2.05) is 25.1 Å². The third kappa shape index (κ3) is 3.67. The maximum absolute atomic E-state index is 13.8. The summed E-state index contributed by atoms with van der Waals surface area (Å²) in [7, 11) is 0. The largest absolute Gasteiger partial charge is 0.348 e. The number of carbonyl (C=O) groups excluding carboxylic acids is 1. The molecule has 2 rings (SSSR count). The van der Waals surface area contributed by atoms with E-state index in [0.717, 1.165) is 17.5 Å². The first-order chi connectivity index (χ1) is 10.2. The minimum atomic E-state index is -0.345. The number of hydrogen-bond acceptors (Lipinski definition) is 2. The van der Waals surface area contributed by atoms with E-state index in [-0.39, 0.29) is 18.3 Å². The van der Waals surface area contributed by atoms with Crippen LogP contribution >= 0.6 is 0 Å². The van der Waals surface area contributed by atoms with Crippen molar-refractivity contribution >= 4 is 5.91 Å². The van der Waals surface area contributed by atoms with Gasteiger partial charge in [-0.05, 0) is 29.7 Å². The van der Waals surface area contributed by atoms with Crippen molar-refractivity contribution in [2.45, 2.75) is 26.4 Å². The third-order valence-corrected chi connectivity index (χ3v) is 3.44. The van der Waals surface area contributed by atoms with Gasteiger partial charge in [-0.2, -0.15) is 0 Å². The highest BCUT2D eigenvalue weighted by molar-refractivity contribution is 5.95. The summed E-state index contributed by atoms with van der Waals surface area (Å²) in [4.78, 5) is 12.2. The molecule has 3 nitrogen and oxygen atoms in total. The Balaban J connectivity index is 2.07. The van der Waals surface area contributed by atoms with Crippen LogP contribution in [0.5, 0.6) is 0 Å². The Kier molecular flexibility index (Phi) is 5.06. The lowest BCUT2D eigenvalue weighted by Crippen LogP contribution is -2.24. The lowest BCUT2D eigenvalue weighted by atomic mass is 10.0. The molecule has 0 aromatic heterocycles. The van der Waals surface area contributed by atoms with E-state index in [1.54, 1.807) is 18.2 Å². The van der Waals surface area contributed by atoms with Gasteiger partial charge in [-0.25, -0.2) is 4.39 Å². The number of nitrogens with two attached hydrogens (primary N) is 1. The van der Waals surface area contributed by atoms with Crippen molar-refractivity contribution in [3.05, 3.63) is 70.5 Å². The highest BCUT2D eigenvalue weighted by atomic mass is 19.1. The van der Waals surface area contributed by atoms with E-state index in [2.05, 4.69) is 5.32 Å². The number of benzene rings is 2. The van der Waals surface area contributed by atoms with Crippen molar-refractivity contribution in [1.82, 2.24) is 5.32 Å². The number of carbonyl (C=O) groups is 1. The second kappa shape index (κ2) is 6.99. The average Bonchev–Trinajstić information content (AvgIpc) is 2.53. The third-order valence-electron chi connectivity index (χ3n) is 3.44. The van der Waals surface area contributed by atoms with Crippen molar-refractivity contribution < 1.29 is 9.18 Å². The molecule has 0 aliphatic rings. The Morgan fingerprint density at radius 1 is 1.19 bits per heavy atom. The Bertz CT molecular complexity index is 640. The Morgan fingerprint density at radius 3 is 2.62 bits per heavy atom. The van der Waals surface area contributed by atoms with Gasteiger partial charge in [0, 0.05) is 24.2 Å². The molecule has 21 heavy (non-hydrogen) atoms. The molecule has 3 N–H and O–H groups in total. The Morgan fingerprint density at radius 2 is 1.95 bits per heavy atom. The van der Waals surface area contributed by atoms with Crippen molar-refractivity contribution in [3.63, 3.8) is 0 Å². The molecular formula is C17H19FN2O. The van der Waals surface area contributed by atoms with Crippen molar-refractivity contribution in [3.8, 4) is 0 Å². The summed E-state index contributed by atoms with van der Waals surface area (Å²) in [6.45, 7) is 2.46. The zero-order valence-electron chi connectivity index (χ0n) is 12.0. The molecule has 110 valence electrons. The maximum atomic E-state index is 13.8. The van der Waals surface area contributed by atoms with Gasteiger partial charge in [0.2, 0.25) is 0 Å². The number of rotatable bonds is 5. The fourth-order valence-electron chi connectivity index (χ4n) is 2.18. The predicted molar refractivity (Wildman–Crippen MR) is 81.3 cm³/mol. The molecule has 0 saturated heterocycles. The number of aryl methyl sites for hydroxylation is 1. The molecule has 0 spiro atoms. The van der Waals surface area contributed by atoms with Crippen LogP contribution in [0.1, 0.15) is 34.0 Å².